The fraction of sp³-hybridized carbons (Fsp3) is 0.857. The number of rotatable bonds is 4. The Kier molecular flexibility index (Phi) is 3.56. The largest absolute Gasteiger partial charge is 0.309 e. The van der Waals surface area contributed by atoms with E-state index in [0.717, 1.165) is 13.0 Å². The molecule has 0 radical (unpaired) electrons. The Hall–Kier alpha value is -0.750. The van der Waals surface area contributed by atoms with Gasteiger partial charge >= 0.3 is 0 Å². The molecule has 1 heterocycles. The zero-order valence-electron chi connectivity index (χ0n) is 8.19. The molecule has 0 aliphatic rings. The Labute approximate surface area is 82.7 Å². The summed E-state index contributed by atoms with van der Waals surface area (Å²) in [6, 6.07) is 0.324. The smallest absolute Gasteiger partial charge is 0.238 e. The number of hydrogen-bond acceptors (Lipinski definition) is 4. The van der Waals surface area contributed by atoms with Gasteiger partial charge in [-0.3, -0.25) is 0 Å². The van der Waals surface area contributed by atoms with Crippen LogP contribution >= 0.6 is 12.2 Å². The van der Waals surface area contributed by atoms with Crippen molar-refractivity contribution in [1.82, 2.24) is 25.1 Å². The van der Waals surface area contributed by atoms with E-state index in [9.17, 15) is 0 Å². The minimum Gasteiger partial charge on any atom is -0.309 e. The van der Waals surface area contributed by atoms with Gasteiger partial charge in [-0.2, -0.15) is 5.21 Å². The molecule has 0 aromatic carbocycles. The third-order valence-corrected chi connectivity index (χ3v) is 2.21. The third kappa shape index (κ3) is 2.89. The summed E-state index contributed by atoms with van der Waals surface area (Å²) in [5.41, 5.74) is 0. The summed E-state index contributed by atoms with van der Waals surface area (Å²) in [6.07, 6.45) is 1.03. The van der Waals surface area contributed by atoms with Crippen molar-refractivity contribution in [2.75, 3.05) is 20.6 Å². The molecule has 13 heavy (non-hydrogen) atoms. The first kappa shape index (κ1) is 10.3. The molecule has 1 unspecified atom stereocenters. The molecule has 1 N–H and O–H groups in total. The van der Waals surface area contributed by atoms with Gasteiger partial charge in [-0.05, 0) is 46.2 Å². The van der Waals surface area contributed by atoms with Crippen molar-refractivity contribution < 1.29 is 0 Å². The van der Waals surface area contributed by atoms with Gasteiger partial charge in [0.05, 0.1) is 6.04 Å². The van der Waals surface area contributed by atoms with Crippen LogP contribution in [0.2, 0.25) is 0 Å². The van der Waals surface area contributed by atoms with Crippen LogP contribution in [-0.4, -0.2) is 45.7 Å². The highest BCUT2D eigenvalue weighted by Gasteiger charge is 2.06. The molecular weight excluding hydrogens is 186 g/mol. The molecule has 0 amide bonds. The van der Waals surface area contributed by atoms with E-state index < -0.39 is 0 Å². The Morgan fingerprint density at radius 2 is 2.31 bits per heavy atom. The van der Waals surface area contributed by atoms with Crippen molar-refractivity contribution >= 4 is 12.2 Å². The van der Waals surface area contributed by atoms with Crippen LogP contribution in [0.4, 0.5) is 0 Å². The molecule has 1 atom stereocenters. The molecule has 74 valence electrons. The van der Waals surface area contributed by atoms with Crippen LogP contribution in [0.1, 0.15) is 19.4 Å². The van der Waals surface area contributed by atoms with E-state index in [4.69, 9.17) is 12.2 Å². The minimum absolute atomic E-state index is 0.324. The molecule has 0 saturated heterocycles. The quantitative estimate of drug-likeness (QED) is 0.734. The number of nitrogens with zero attached hydrogens (tertiary/aromatic N) is 4. The van der Waals surface area contributed by atoms with E-state index in [1.54, 1.807) is 4.68 Å². The van der Waals surface area contributed by atoms with Crippen molar-refractivity contribution in [2.45, 2.75) is 19.4 Å². The summed E-state index contributed by atoms with van der Waals surface area (Å²) in [4.78, 5) is 2.14. The maximum Gasteiger partial charge on any atom is 0.238 e. The van der Waals surface area contributed by atoms with Crippen molar-refractivity contribution in [3.05, 3.63) is 4.77 Å². The van der Waals surface area contributed by atoms with E-state index in [1.807, 2.05) is 0 Å². The molecule has 1 rings (SSSR count). The molecule has 0 aliphatic carbocycles. The first-order valence-corrected chi connectivity index (χ1v) is 4.66. The second-order valence-electron chi connectivity index (χ2n) is 3.39. The normalized spacial score (nSPS) is 13.5. The van der Waals surface area contributed by atoms with Crippen LogP contribution < -0.4 is 0 Å². The fourth-order valence-corrected chi connectivity index (χ4v) is 1.33. The summed E-state index contributed by atoms with van der Waals surface area (Å²) in [5.74, 6) is 0. The predicted octanol–water partition coefficient (Wildman–Crippen LogP) is 0.848. The first-order valence-electron chi connectivity index (χ1n) is 4.25. The molecule has 6 heteroatoms. The van der Waals surface area contributed by atoms with Crippen molar-refractivity contribution in [3.63, 3.8) is 0 Å². The Morgan fingerprint density at radius 3 is 2.77 bits per heavy atom. The van der Waals surface area contributed by atoms with Crippen molar-refractivity contribution in [2.24, 2.45) is 0 Å². The molecule has 0 saturated carbocycles. The SMILES string of the molecule is CC(CCN(C)C)n1[nH]nnc1=S. The van der Waals surface area contributed by atoms with E-state index in [2.05, 4.69) is 41.4 Å². The highest BCUT2D eigenvalue weighted by atomic mass is 32.1. The third-order valence-electron chi connectivity index (χ3n) is 1.93. The molecule has 1 aromatic heterocycles. The lowest BCUT2D eigenvalue weighted by Crippen LogP contribution is -2.18. The maximum atomic E-state index is 4.99. The van der Waals surface area contributed by atoms with Crippen LogP contribution in [0.15, 0.2) is 0 Å². The summed E-state index contributed by atoms with van der Waals surface area (Å²) in [5, 5.41) is 10.1. The highest BCUT2D eigenvalue weighted by Crippen LogP contribution is 2.07. The summed E-state index contributed by atoms with van der Waals surface area (Å²) >= 11 is 4.99. The first-order chi connectivity index (χ1) is 6.11. The van der Waals surface area contributed by atoms with E-state index in [0.29, 0.717) is 10.8 Å². The van der Waals surface area contributed by atoms with Crippen LogP contribution in [0, 0.1) is 4.77 Å². The number of aromatic amines is 1. The predicted molar refractivity (Wildman–Crippen MR) is 53.1 cm³/mol. The second-order valence-corrected chi connectivity index (χ2v) is 3.76. The molecule has 1 aromatic rings. The van der Waals surface area contributed by atoms with E-state index >= 15 is 0 Å². The van der Waals surface area contributed by atoms with Gasteiger partial charge in [-0.1, -0.05) is 10.3 Å². The monoisotopic (exact) mass is 201 g/mol. The number of tetrazole rings is 1. The molecule has 0 spiro atoms. The van der Waals surface area contributed by atoms with Crippen LogP contribution in [0.25, 0.3) is 0 Å². The van der Waals surface area contributed by atoms with Crippen LogP contribution in [0.5, 0.6) is 0 Å². The Balaban J connectivity index is 2.54. The zero-order chi connectivity index (χ0) is 9.84. The van der Waals surface area contributed by atoms with E-state index in [-0.39, 0.29) is 0 Å². The van der Waals surface area contributed by atoms with Gasteiger partial charge < -0.3 is 4.90 Å². The van der Waals surface area contributed by atoms with Crippen molar-refractivity contribution in [3.8, 4) is 0 Å². The van der Waals surface area contributed by atoms with E-state index in [1.165, 1.54) is 0 Å². The molecule has 0 bridgehead atoms. The van der Waals surface area contributed by atoms with Gasteiger partial charge in [0, 0.05) is 0 Å². The average molecular weight is 201 g/mol. The summed E-state index contributed by atoms with van der Waals surface area (Å²) < 4.78 is 2.32. The number of hydrogen-bond donors (Lipinski definition) is 1. The topological polar surface area (TPSA) is 49.7 Å². The Morgan fingerprint density at radius 1 is 1.62 bits per heavy atom. The van der Waals surface area contributed by atoms with Crippen LogP contribution in [-0.2, 0) is 0 Å². The number of aromatic nitrogens is 4. The lowest BCUT2D eigenvalue weighted by molar-refractivity contribution is 0.342. The Bertz CT molecular complexity index is 302. The molecular formula is C7H15N5S. The number of nitrogens with one attached hydrogen (secondary N) is 1. The van der Waals surface area contributed by atoms with Crippen LogP contribution in [0.3, 0.4) is 0 Å². The highest BCUT2D eigenvalue weighted by molar-refractivity contribution is 7.71. The standard InChI is InChI=1S/C7H15N5S/c1-6(4-5-11(2)3)12-7(13)8-9-10-12/h6H,4-5H2,1-3H3,(H,8,10,13). The molecule has 0 aliphatic heterocycles. The van der Waals surface area contributed by atoms with Gasteiger partial charge in [-0.25, -0.2) is 4.68 Å². The minimum atomic E-state index is 0.324. The summed E-state index contributed by atoms with van der Waals surface area (Å²) in [7, 11) is 4.11. The van der Waals surface area contributed by atoms with Gasteiger partial charge in [0.15, 0.2) is 0 Å². The summed E-state index contributed by atoms with van der Waals surface area (Å²) in [6.45, 7) is 3.13. The fourth-order valence-electron chi connectivity index (χ4n) is 1.07. The van der Waals surface area contributed by atoms with Gasteiger partial charge in [0.25, 0.3) is 0 Å². The molecule has 5 nitrogen and oxygen atoms in total. The van der Waals surface area contributed by atoms with Gasteiger partial charge in [-0.15, -0.1) is 0 Å². The van der Waals surface area contributed by atoms with Gasteiger partial charge in [0.1, 0.15) is 0 Å². The number of H-pyrrole nitrogens is 1. The second kappa shape index (κ2) is 4.48. The zero-order valence-corrected chi connectivity index (χ0v) is 9.01. The average Bonchev–Trinajstić information content (AvgIpc) is 2.47. The lowest BCUT2D eigenvalue weighted by atomic mass is 10.2. The molecule has 0 fully saturated rings. The van der Waals surface area contributed by atoms with Gasteiger partial charge in [0.2, 0.25) is 4.77 Å². The lowest BCUT2D eigenvalue weighted by Gasteiger charge is -2.14. The maximum absolute atomic E-state index is 4.99. The van der Waals surface area contributed by atoms with Crippen molar-refractivity contribution in [1.29, 1.82) is 0 Å².